The minimum Gasteiger partial charge on any atom is -0.504 e. The zero-order valence-electron chi connectivity index (χ0n) is 17.9. The minimum absolute atomic E-state index is 0. The zero-order chi connectivity index (χ0) is 23.8. The van der Waals surface area contributed by atoms with Crippen LogP contribution in [0.5, 0.6) is 23.0 Å². The van der Waals surface area contributed by atoms with Gasteiger partial charge in [-0.15, -0.1) is 12.4 Å². The quantitative estimate of drug-likeness (QED) is 0.233. The smallest absolute Gasteiger partial charge is 0.412 e. The van der Waals surface area contributed by atoms with E-state index in [9.17, 15) is 29.7 Å². The second-order valence-corrected chi connectivity index (χ2v) is 6.86. The first-order chi connectivity index (χ1) is 15.1. The van der Waals surface area contributed by atoms with Crippen LogP contribution in [0.15, 0.2) is 36.4 Å². The van der Waals surface area contributed by atoms with Gasteiger partial charge in [0.05, 0.1) is 13.2 Å². The Labute approximate surface area is 195 Å². The molecule has 0 radical (unpaired) electrons. The molecule has 11 nitrogen and oxygen atoms in total. The van der Waals surface area contributed by atoms with Crippen molar-refractivity contribution in [1.82, 2.24) is 10.6 Å². The minimum atomic E-state index is -1.10. The van der Waals surface area contributed by atoms with Gasteiger partial charge in [-0.3, -0.25) is 4.79 Å². The van der Waals surface area contributed by atoms with Gasteiger partial charge in [0.1, 0.15) is 6.04 Å². The third kappa shape index (κ3) is 7.74. The maximum Gasteiger partial charge on any atom is 0.412 e. The van der Waals surface area contributed by atoms with Gasteiger partial charge in [0, 0.05) is 13.5 Å². The average Bonchev–Trinajstić information content (AvgIpc) is 2.76. The highest BCUT2D eigenvalue weighted by atomic mass is 35.5. The van der Waals surface area contributed by atoms with E-state index in [0.29, 0.717) is 11.1 Å². The Hall–Kier alpha value is -3.70. The standard InChI is InChI=1S/C21H25N3O8.ClH/c1-23-21(30)32-18-6-4-12(10-17(18)27)8-14(20(29)31-2)24-19(28)13(22)7-11-3-5-15(25)16(26)9-11;/h3-6,9-10,13-14,25-27H,7-8,22H2,1-2H3,(H,23,30)(H,24,28);1H/t13-,14-;/m0./s1. The number of nitrogens with two attached hydrogens (primary N) is 1. The number of phenols is 3. The van der Waals surface area contributed by atoms with Crippen molar-refractivity contribution >= 4 is 30.4 Å². The van der Waals surface area contributed by atoms with Gasteiger partial charge in [-0.25, -0.2) is 9.59 Å². The monoisotopic (exact) mass is 483 g/mol. The van der Waals surface area contributed by atoms with E-state index < -0.39 is 30.1 Å². The van der Waals surface area contributed by atoms with Crippen LogP contribution >= 0.6 is 12.4 Å². The molecule has 180 valence electrons. The summed E-state index contributed by atoms with van der Waals surface area (Å²) in [6.07, 6.45) is -0.748. The molecule has 0 aromatic heterocycles. The van der Waals surface area contributed by atoms with Crippen LogP contribution in [0, 0.1) is 0 Å². The number of ether oxygens (including phenoxy) is 2. The number of benzene rings is 2. The molecule has 0 aliphatic carbocycles. The fourth-order valence-electron chi connectivity index (χ4n) is 2.82. The van der Waals surface area contributed by atoms with Crippen molar-refractivity contribution in [3.8, 4) is 23.0 Å². The van der Waals surface area contributed by atoms with Crippen molar-refractivity contribution in [2.24, 2.45) is 5.73 Å². The molecule has 2 rings (SSSR count). The lowest BCUT2D eigenvalue weighted by molar-refractivity contribution is -0.145. The summed E-state index contributed by atoms with van der Waals surface area (Å²) in [4.78, 5) is 36.0. The van der Waals surface area contributed by atoms with E-state index >= 15 is 0 Å². The van der Waals surface area contributed by atoms with Gasteiger partial charge >= 0.3 is 12.1 Å². The van der Waals surface area contributed by atoms with Crippen LogP contribution < -0.4 is 21.1 Å². The summed E-state index contributed by atoms with van der Waals surface area (Å²) in [6.45, 7) is 0. The van der Waals surface area contributed by atoms with Crippen molar-refractivity contribution in [3.05, 3.63) is 47.5 Å². The van der Waals surface area contributed by atoms with Crippen molar-refractivity contribution < 1.29 is 39.2 Å². The second kappa shape index (κ2) is 12.4. The van der Waals surface area contributed by atoms with Gasteiger partial charge in [-0.05, 0) is 41.8 Å². The Morgan fingerprint density at radius 1 is 0.970 bits per heavy atom. The topological polar surface area (TPSA) is 180 Å². The van der Waals surface area contributed by atoms with Gasteiger partial charge in [-0.2, -0.15) is 0 Å². The molecule has 0 aliphatic heterocycles. The Bertz CT molecular complexity index is 1000. The number of carbonyl (C=O) groups is 3. The number of esters is 1. The van der Waals surface area contributed by atoms with Crippen LogP contribution in [-0.2, 0) is 27.2 Å². The third-order valence-corrected chi connectivity index (χ3v) is 4.50. The number of rotatable bonds is 8. The highest BCUT2D eigenvalue weighted by Crippen LogP contribution is 2.28. The number of aromatic hydroxyl groups is 3. The van der Waals surface area contributed by atoms with Gasteiger partial charge in [0.15, 0.2) is 23.0 Å². The number of methoxy groups -OCH3 is 1. The number of halogens is 1. The van der Waals surface area contributed by atoms with Gasteiger partial charge in [0.2, 0.25) is 5.91 Å². The molecule has 0 spiro atoms. The van der Waals surface area contributed by atoms with Crippen molar-refractivity contribution in [3.63, 3.8) is 0 Å². The highest BCUT2D eigenvalue weighted by Gasteiger charge is 2.25. The van der Waals surface area contributed by atoms with E-state index in [2.05, 4.69) is 10.6 Å². The SMILES string of the molecule is CNC(=O)Oc1ccc(C[C@H](NC(=O)[C@@H](N)Cc2ccc(O)c(O)c2)C(=O)OC)cc1O.Cl. The number of amides is 2. The van der Waals surface area contributed by atoms with E-state index in [4.69, 9.17) is 15.2 Å². The van der Waals surface area contributed by atoms with E-state index in [0.717, 1.165) is 0 Å². The Morgan fingerprint density at radius 2 is 1.58 bits per heavy atom. The molecule has 0 saturated heterocycles. The molecule has 33 heavy (non-hydrogen) atoms. The summed E-state index contributed by atoms with van der Waals surface area (Å²) >= 11 is 0. The normalized spacial score (nSPS) is 12.0. The molecule has 0 fully saturated rings. The summed E-state index contributed by atoms with van der Waals surface area (Å²) < 4.78 is 9.62. The largest absolute Gasteiger partial charge is 0.504 e. The molecule has 2 aromatic rings. The fraction of sp³-hybridized carbons (Fsp3) is 0.286. The van der Waals surface area contributed by atoms with E-state index in [1.165, 1.54) is 50.6 Å². The van der Waals surface area contributed by atoms with Gasteiger partial charge in [-0.1, -0.05) is 12.1 Å². The Morgan fingerprint density at radius 3 is 2.15 bits per heavy atom. The fourth-order valence-corrected chi connectivity index (χ4v) is 2.82. The number of carbonyl (C=O) groups excluding carboxylic acids is 3. The lowest BCUT2D eigenvalue weighted by Gasteiger charge is -2.20. The maximum absolute atomic E-state index is 12.5. The summed E-state index contributed by atoms with van der Waals surface area (Å²) in [5.74, 6) is -2.41. The van der Waals surface area contributed by atoms with Crippen LogP contribution in [0.1, 0.15) is 11.1 Å². The molecule has 0 unspecified atom stereocenters. The van der Waals surface area contributed by atoms with Crippen molar-refractivity contribution in [1.29, 1.82) is 0 Å². The molecule has 7 N–H and O–H groups in total. The van der Waals surface area contributed by atoms with Crippen LogP contribution in [0.25, 0.3) is 0 Å². The van der Waals surface area contributed by atoms with Crippen molar-refractivity contribution in [2.75, 3.05) is 14.2 Å². The first-order valence-corrected chi connectivity index (χ1v) is 9.50. The predicted octanol–water partition coefficient (Wildman–Crippen LogP) is 0.714. The second-order valence-electron chi connectivity index (χ2n) is 6.86. The van der Waals surface area contributed by atoms with Gasteiger partial charge in [0.25, 0.3) is 0 Å². The van der Waals surface area contributed by atoms with Crippen LogP contribution in [0.2, 0.25) is 0 Å². The molecule has 0 saturated carbocycles. The molecule has 2 amide bonds. The molecule has 12 heteroatoms. The number of hydrogen-bond donors (Lipinski definition) is 6. The summed E-state index contributed by atoms with van der Waals surface area (Å²) in [5.41, 5.74) is 6.89. The maximum atomic E-state index is 12.5. The van der Waals surface area contributed by atoms with Crippen molar-refractivity contribution in [2.45, 2.75) is 24.9 Å². The van der Waals surface area contributed by atoms with E-state index in [1.54, 1.807) is 0 Å². The van der Waals surface area contributed by atoms with Gasteiger partial charge < -0.3 is 41.2 Å². The summed E-state index contributed by atoms with van der Waals surface area (Å²) in [6, 6.07) is 6.06. The summed E-state index contributed by atoms with van der Waals surface area (Å²) in [5, 5.41) is 33.7. The van der Waals surface area contributed by atoms with E-state index in [1.807, 2.05) is 0 Å². The molecule has 2 aromatic carbocycles. The molecular formula is C21H26ClN3O8. The lowest BCUT2D eigenvalue weighted by atomic mass is 10.0. The molecular weight excluding hydrogens is 458 g/mol. The third-order valence-electron chi connectivity index (χ3n) is 4.50. The number of phenolic OH excluding ortho intramolecular Hbond substituents is 3. The zero-order valence-corrected chi connectivity index (χ0v) is 18.7. The molecule has 2 atom stereocenters. The van der Waals surface area contributed by atoms with Crippen LogP contribution in [0.3, 0.4) is 0 Å². The number of hydrogen-bond acceptors (Lipinski definition) is 9. The first kappa shape index (κ1) is 27.3. The van der Waals surface area contributed by atoms with Crippen LogP contribution in [0.4, 0.5) is 4.79 Å². The summed E-state index contributed by atoms with van der Waals surface area (Å²) in [7, 11) is 2.53. The molecule has 0 bridgehead atoms. The Kier molecular flexibility index (Phi) is 10.2. The molecule has 0 heterocycles. The van der Waals surface area contributed by atoms with E-state index in [-0.39, 0.29) is 48.2 Å². The predicted molar refractivity (Wildman–Crippen MR) is 120 cm³/mol. The highest BCUT2D eigenvalue weighted by molar-refractivity contribution is 5.87. The van der Waals surface area contributed by atoms with Crippen LogP contribution in [-0.4, -0.2) is 59.5 Å². The lowest BCUT2D eigenvalue weighted by Crippen LogP contribution is -2.50. The first-order valence-electron chi connectivity index (χ1n) is 9.50. The Balaban J connectivity index is 0.00000544. The average molecular weight is 484 g/mol. The molecule has 0 aliphatic rings. The number of nitrogens with one attached hydrogen (secondary N) is 2.